The van der Waals surface area contributed by atoms with Crippen molar-refractivity contribution >= 4 is 23.3 Å². The van der Waals surface area contributed by atoms with Crippen LogP contribution in [0.3, 0.4) is 0 Å². The zero-order chi connectivity index (χ0) is 15.7. The van der Waals surface area contributed by atoms with Crippen molar-refractivity contribution in [1.29, 1.82) is 0 Å². The van der Waals surface area contributed by atoms with Crippen LogP contribution in [0, 0.1) is 11.8 Å². The summed E-state index contributed by atoms with van der Waals surface area (Å²) in [4.78, 5) is 23.7. The number of aliphatic carboxylic acids is 1. The van der Waals surface area contributed by atoms with E-state index in [0.717, 1.165) is 12.8 Å². The zero-order valence-corrected chi connectivity index (χ0v) is 13.4. The Balaban J connectivity index is 2.23. The summed E-state index contributed by atoms with van der Waals surface area (Å²) < 4.78 is 0. The van der Waals surface area contributed by atoms with E-state index in [-0.39, 0.29) is 18.4 Å². The van der Waals surface area contributed by atoms with Gasteiger partial charge in [-0.1, -0.05) is 19.9 Å². The third-order valence-electron chi connectivity index (χ3n) is 3.06. The molecule has 0 aromatic carbocycles. The molecule has 5 nitrogen and oxygen atoms in total. The van der Waals surface area contributed by atoms with E-state index in [1.54, 1.807) is 11.3 Å². The quantitative estimate of drug-likeness (QED) is 0.656. The Morgan fingerprint density at radius 2 is 2.10 bits per heavy atom. The van der Waals surface area contributed by atoms with E-state index in [1.807, 2.05) is 17.5 Å². The van der Waals surface area contributed by atoms with Crippen molar-refractivity contribution in [3.63, 3.8) is 0 Å². The summed E-state index contributed by atoms with van der Waals surface area (Å²) in [6.45, 7) is 5.08. The highest BCUT2D eigenvalue weighted by Gasteiger charge is 2.15. The number of thiophene rings is 1. The SMILES string of the molecule is CC(C)CC(CNC(=O)NCCc1cccs1)CC(=O)O. The fourth-order valence-corrected chi connectivity index (χ4v) is 2.92. The Kier molecular flexibility index (Phi) is 7.82. The molecule has 2 amide bonds. The van der Waals surface area contributed by atoms with E-state index in [4.69, 9.17) is 5.11 Å². The summed E-state index contributed by atoms with van der Waals surface area (Å²) in [6.07, 6.45) is 1.70. The van der Waals surface area contributed by atoms with Gasteiger partial charge in [-0.05, 0) is 36.1 Å². The van der Waals surface area contributed by atoms with E-state index in [9.17, 15) is 9.59 Å². The molecule has 0 spiro atoms. The molecule has 6 heteroatoms. The maximum Gasteiger partial charge on any atom is 0.314 e. The number of urea groups is 1. The summed E-state index contributed by atoms with van der Waals surface area (Å²) in [6, 6.07) is 3.80. The van der Waals surface area contributed by atoms with Crippen LogP contribution < -0.4 is 10.6 Å². The fraction of sp³-hybridized carbons (Fsp3) is 0.600. The van der Waals surface area contributed by atoms with Gasteiger partial charge in [0.05, 0.1) is 0 Å². The van der Waals surface area contributed by atoms with Crippen molar-refractivity contribution in [1.82, 2.24) is 10.6 Å². The Hall–Kier alpha value is -1.56. The molecule has 0 radical (unpaired) electrons. The van der Waals surface area contributed by atoms with Crippen LogP contribution in [-0.4, -0.2) is 30.2 Å². The number of hydrogen-bond donors (Lipinski definition) is 3. The molecule has 1 unspecified atom stereocenters. The van der Waals surface area contributed by atoms with Crippen LogP contribution >= 0.6 is 11.3 Å². The Labute approximate surface area is 129 Å². The fourth-order valence-electron chi connectivity index (χ4n) is 2.21. The number of amides is 2. The average Bonchev–Trinajstić information content (AvgIpc) is 2.88. The van der Waals surface area contributed by atoms with Gasteiger partial charge in [0.25, 0.3) is 0 Å². The van der Waals surface area contributed by atoms with E-state index in [0.29, 0.717) is 19.0 Å². The van der Waals surface area contributed by atoms with Gasteiger partial charge in [-0.25, -0.2) is 4.79 Å². The largest absolute Gasteiger partial charge is 0.481 e. The maximum atomic E-state index is 11.7. The topological polar surface area (TPSA) is 78.4 Å². The van der Waals surface area contributed by atoms with Crippen molar-refractivity contribution < 1.29 is 14.7 Å². The summed E-state index contributed by atoms with van der Waals surface area (Å²) in [5, 5.41) is 16.4. The highest BCUT2D eigenvalue weighted by Crippen LogP contribution is 2.14. The van der Waals surface area contributed by atoms with Gasteiger partial charge in [0.2, 0.25) is 0 Å². The standard InChI is InChI=1S/C15H24N2O3S/c1-11(2)8-12(9-14(18)19)10-17-15(20)16-6-5-13-4-3-7-21-13/h3-4,7,11-12H,5-6,8-10H2,1-2H3,(H,18,19)(H2,16,17,20). The molecule has 0 saturated heterocycles. The number of nitrogens with one attached hydrogen (secondary N) is 2. The molecular formula is C15H24N2O3S. The van der Waals surface area contributed by atoms with Gasteiger partial charge in [-0.15, -0.1) is 11.3 Å². The molecule has 0 saturated carbocycles. The molecule has 0 aliphatic rings. The zero-order valence-electron chi connectivity index (χ0n) is 12.6. The lowest BCUT2D eigenvalue weighted by Crippen LogP contribution is -2.39. The predicted molar refractivity (Wildman–Crippen MR) is 84.6 cm³/mol. The smallest absolute Gasteiger partial charge is 0.314 e. The Morgan fingerprint density at radius 1 is 1.33 bits per heavy atom. The number of carboxylic acid groups (broad SMARTS) is 1. The molecule has 0 aliphatic carbocycles. The van der Waals surface area contributed by atoms with Gasteiger partial charge in [-0.3, -0.25) is 4.79 Å². The molecule has 118 valence electrons. The van der Waals surface area contributed by atoms with Crippen molar-refractivity contribution in [3.8, 4) is 0 Å². The maximum absolute atomic E-state index is 11.7. The summed E-state index contributed by atoms with van der Waals surface area (Å²) in [7, 11) is 0. The van der Waals surface area contributed by atoms with Crippen LogP contribution in [0.5, 0.6) is 0 Å². The molecular weight excluding hydrogens is 288 g/mol. The number of carbonyl (C=O) groups is 2. The number of carbonyl (C=O) groups excluding carboxylic acids is 1. The van der Waals surface area contributed by atoms with Crippen LogP contribution in [0.2, 0.25) is 0 Å². The summed E-state index contributed by atoms with van der Waals surface area (Å²) in [5.74, 6) is -0.427. The van der Waals surface area contributed by atoms with Gasteiger partial charge in [0.1, 0.15) is 0 Å². The third-order valence-corrected chi connectivity index (χ3v) is 3.99. The minimum Gasteiger partial charge on any atom is -0.481 e. The van der Waals surface area contributed by atoms with Crippen LogP contribution in [0.4, 0.5) is 4.79 Å². The predicted octanol–water partition coefficient (Wildman–Crippen LogP) is 2.73. The van der Waals surface area contributed by atoms with Crippen molar-refractivity contribution in [2.75, 3.05) is 13.1 Å². The molecule has 3 N–H and O–H groups in total. The van der Waals surface area contributed by atoms with Crippen LogP contribution in [0.1, 0.15) is 31.6 Å². The lowest BCUT2D eigenvalue weighted by molar-refractivity contribution is -0.138. The van der Waals surface area contributed by atoms with Gasteiger partial charge < -0.3 is 15.7 Å². The molecule has 0 aliphatic heterocycles. The first-order valence-corrected chi connectivity index (χ1v) is 8.11. The van der Waals surface area contributed by atoms with Gasteiger partial charge >= 0.3 is 12.0 Å². The molecule has 1 rings (SSSR count). The number of carboxylic acids is 1. The number of rotatable bonds is 9. The Morgan fingerprint density at radius 3 is 2.67 bits per heavy atom. The average molecular weight is 312 g/mol. The lowest BCUT2D eigenvalue weighted by Gasteiger charge is -2.18. The van der Waals surface area contributed by atoms with E-state index < -0.39 is 5.97 Å². The molecule has 1 aromatic heterocycles. The van der Waals surface area contributed by atoms with E-state index in [1.165, 1.54) is 4.88 Å². The van der Waals surface area contributed by atoms with Crippen molar-refractivity contribution in [2.24, 2.45) is 11.8 Å². The van der Waals surface area contributed by atoms with Crippen molar-refractivity contribution in [3.05, 3.63) is 22.4 Å². The van der Waals surface area contributed by atoms with Crippen LogP contribution in [0.15, 0.2) is 17.5 Å². The van der Waals surface area contributed by atoms with Crippen LogP contribution in [0.25, 0.3) is 0 Å². The highest BCUT2D eigenvalue weighted by atomic mass is 32.1. The number of hydrogen-bond acceptors (Lipinski definition) is 3. The van der Waals surface area contributed by atoms with Gasteiger partial charge in [0.15, 0.2) is 0 Å². The molecule has 1 heterocycles. The summed E-state index contributed by atoms with van der Waals surface area (Å²) in [5.41, 5.74) is 0. The monoisotopic (exact) mass is 312 g/mol. The van der Waals surface area contributed by atoms with Gasteiger partial charge in [0, 0.05) is 24.4 Å². The van der Waals surface area contributed by atoms with Crippen LogP contribution in [-0.2, 0) is 11.2 Å². The van der Waals surface area contributed by atoms with Crippen molar-refractivity contribution in [2.45, 2.75) is 33.1 Å². The Bertz CT molecular complexity index is 432. The first kappa shape index (κ1) is 17.5. The molecule has 1 aromatic rings. The van der Waals surface area contributed by atoms with Gasteiger partial charge in [-0.2, -0.15) is 0 Å². The second-order valence-corrected chi connectivity index (χ2v) is 6.59. The normalized spacial score (nSPS) is 12.1. The molecule has 21 heavy (non-hydrogen) atoms. The second-order valence-electron chi connectivity index (χ2n) is 5.56. The first-order chi connectivity index (χ1) is 9.97. The first-order valence-electron chi connectivity index (χ1n) is 7.23. The molecule has 0 bridgehead atoms. The molecule has 1 atom stereocenters. The van der Waals surface area contributed by atoms with E-state index >= 15 is 0 Å². The summed E-state index contributed by atoms with van der Waals surface area (Å²) >= 11 is 1.67. The minimum absolute atomic E-state index is 0.0226. The second kappa shape index (κ2) is 9.39. The molecule has 0 fully saturated rings. The third kappa shape index (κ3) is 8.34. The minimum atomic E-state index is -0.819. The van der Waals surface area contributed by atoms with E-state index in [2.05, 4.69) is 24.5 Å². The lowest BCUT2D eigenvalue weighted by atomic mass is 9.94. The highest BCUT2D eigenvalue weighted by molar-refractivity contribution is 7.09.